The van der Waals surface area contributed by atoms with Crippen LogP contribution in [0.4, 0.5) is 13.2 Å². The molecule has 0 aromatic carbocycles. The molecule has 0 heterocycles. The minimum absolute atomic E-state index is 0.0833. The van der Waals surface area contributed by atoms with E-state index >= 15 is 0 Å². The van der Waals surface area contributed by atoms with E-state index in [0.29, 0.717) is 18.3 Å². The SMILES string of the molecule is CC(C)C1CCC(N)C(CCSC(F)(F)F)C1. The van der Waals surface area contributed by atoms with Gasteiger partial charge in [0.15, 0.2) is 0 Å². The van der Waals surface area contributed by atoms with Crippen LogP contribution in [-0.2, 0) is 0 Å². The zero-order valence-electron chi connectivity index (χ0n) is 10.5. The summed E-state index contributed by atoms with van der Waals surface area (Å²) in [6.45, 7) is 4.37. The Bertz CT molecular complexity index is 230. The standard InChI is InChI=1S/C12H22F3NS/c1-8(2)9-3-4-11(16)10(7-9)5-6-17-12(13,14)15/h8-11H,3-7,16H2,1-2H3. The summed E-state index contributed by atoms with van der Waals surface area (Å²) < 4.78 is 36.1. The Balaban J connectivity index is 2.35. The molecule has 0 aliphatic heterocycles. The van der Waals surface area contributed by atoms with Gasteiger partial charge in [-0.25, -0.2) is 0 Å². The van der Waals surface area contributed by atoms with Crippen LogP contribution in [0.15, 0.2) is 0 Å². The Kier molecular flexibility index (Phi) is 5.64. The molecule has 0 bridgehead atoms. The highest BCUT2D eigenvalue weighted by atomic mass is 32.2. The van der Waals surface area contributed by atoms with Crippen molar-refractivity contribution in [2.24, 2.45) is 23.5 Å². The summed E-state index contributed by atoms with van der Waals surface area (Å²) in [6.07, 6.45) is 3.68. The monoisotopic (exact) mass is 269 g/mol. The molecule has 2 N–H and O–H groups in total. The number of thioether (sulfide) groups is 1. The van der Waals surface area contributed by atoms with Gasteiger partial charge in [-0.15, -0.1) is 0 Å². The summed E-state index contributed by atoms with van der Waals surface area (Å²) in [5, 5.41) is 0. The van der Waals surface area contributed by atoms with Gasteiger partial charge in [0, 0.05) is 11.8 Å². The highest BCUT2D eigenvalue weighted by Gasteiger charge is 2.32. The van der Waals surface area contributed by atoms with Crippen molar-refractivity contribution in [2.75, 3.05) is 5.75 Å². The highest BCUT2D eigenvalue weighted by Crippen LogP contribution is 2.37. The van der Waals surface area contributed by atoms with Crippen molar-refractivity contribution in [3.05, 3.63) is 0 Å². The molecule has 1 rings (SSSR count). The average molecular weight is 269 g/mol. The summed E-state index contributed by atoms with van der Waals surface area (Å²) in [6, 6.07) is 0.0961. The fourth-order valence-electron chi connectivity index (χ4n) is 2.59. The average Bonchev–Trinajstić information content (AvgIpc) is 2.18. The van der Waals surface area contributed by atoms with Crippen LogP contribution in [0.25, 0.3) is 0 Å². The van der Waals surface area contributed by atoms with Gasteiger partial charge in [-0.3, -0.25) is 0 Å². The predicted octanol–water partition coefficient (Wildman–Crippen LogP) is 4.03. The first kappa shape index (κ1) is 15.2. The van der Waals surface area contributed by atoms with Gasteiger partial charge in [0.2, 0.25) is 0 Å². The second-order valence-corrected chi connectivity index (χ2v) is 6.48. The number of alkyl halides is 3. The van der Waals surface area contributed by atoms with E-state index in [0.717, 1.165) is 19.3 Å². The van der Waals surface area contributed by atoms with Crippen LogP contribution in [0, 0.1) is 17.8 Å². The quantitative estimate of drug-likeness (QED) is 0.834. The molecular formula is C12H22F3NS. The number of halogens is 3. The van der Waals surface area contributed by atoms with Gasteiger partial charge in [0.1, 0.15) is 0 Å². The van der Waals surface area contributed by atoms with Crippen LogP contribution in [0.5, 0.6) is 0 Å². The Morgan fingerprint density at radius 3 is 2.47 bits per heavy atom. The molecule has 102 valence electrons. The summed E-state index contributed by atoms with van der Waals surface area (Å²) in [5.74, 6) is 1.66. The van der Waals surface area contributed by atoms with Crippen molar-refractivity contribution >= 4 is 11.8 Å². The first-order valence-electron chi connectivity index (χ1n) is 6.26. The number of rotatable bonds is 4. The lowest BCUT2D eigenvalue weighted by Crippen LogP contribution is -2.37. The van der Waals surface area contributed by atoms with E-state index in [-0.39, 0.29) is 29.5 Å². The van der Waals surface area contributed by atoms with Crippen molar-refractivity contribution in [1.29, 1.82) is 0 Å². The zero-order chi connectivity index (χ0) is 13.1. The zero-order valence-corrected chi connectivity index (χ0v) is 11.3. The molecule has 0 saturated heterocycles. The molecule has 0 spiro atoms. The largest absolute Gasteiger partial charge is 0.441 e. The van der Waals surface area contributed by atoms with E-state index in [2.05, 4.69) is 13.8 Å². The van der Waals surface area contributed by atoms with E-state index in [1.165, 1.54) is 0 Å². The van der Waals surface area contributed by atoms with Crippen molar-refractivity contribution in [3.8, 4) is 0 Å². The minimum Gasteiger partial charge on any atom is -0.327 e. The highest BCUT2D eigenvalue weighted by molar-refractivity contribution is 8.00. The predicted molar refractivity (Wildman–Crippen MR) is 66.8 cm³/mol. The molecule has 1 nitrogen and oxygen atoms in total. The topological polar surface area (TPSA) is 26.0 Å². The fourth-order valence-corrected chi connectivity index (χ4v) is 3.24. The maximum Gasteiger partial charge on any atom is 0.441 e. The van der Waals surface area contributed by atoms with Crippen LogP contribution in [0.2, 0.25) is 0 Å². The number of nitrogens with two attached hydrogens (primary N) is 1. The maximum atomic E-state index is 12.0. The summed E-state index contributed by atoms with van der Waals surface area (Å²) in [7, 11) is 0. The van der Waals surface area contributed by atoms with Crippen molar-refractivity contribution in [2.45, 2.75) is 51.1 Å². The van der Waals surface area contributed by atoms with Crippen LogP contribution < -0.4 is 5.73 Å². The molecule has 0 aromatic heterocycles. The summed E-state index contributed by atoms with van der Waals surface area (Å²) in [4.78, 5) is 0. The normalized spacial score (nSPS) is 30.9. The Hall–Kier alpha value is 0.100. The molecule has 1 fully saturated rings. The van der Waals surface area contributed by atoms with Crippen molar-refractivity contribution < 1.29 is 13.2 Å². The lowest BCUT2D eigenvalue weighted by Gasteiger charge is -2.36. The van der Waals surface area contributed by atoms with Crippen molar-refractivity contribution in [3.63, 3.8) is 0 Å². The molecule has 5 heteroatoms. The van der Waals surface area contributed by atoms with E-state index in [9.17, 15) is 13.2 Å². The van der Waals surface area contributed by atoms with E-state index < -0.39 is 5.51 Å². The summed E-state index contributed by atoms with van der Waals surface area (Å²) >= 11 is 0.0833. The second kappa shape index (κ2) is 6.32. The molecule has 0 aromatic rings. The molecular weight excluding hydrogens is 247 g/mol. The molecule has 0 amide bonds. The van der Waals surface area contributed by atoms with Crippen LogP contribution >= 0.6 is 11.8 Å². The summed E-state index contributed by atoms with van der Waals surface area (Å²) in [5.41, 5.74) is 1.90. The first-order valence-corrected chi connectivity index (χ1v) is 7.24. The van der Waals surface area contributed by atoms with E-state index in [1.54, 1.807) is 0 Å². The molecule has 1 saturated carbocycles. The third-order valence-corrected chi connectivity index (χ3v) is 4.55. The lowest BCUT2D eigenvalue weighted by molar-refractivity contribution is -0.0328. The van der Waals surface area contributed by atoms with E-state index in [4.69, 9.17) is 5.73 Å². The van der Waals surface area contributed by atoms with Crippen LogP contribution in [0.1, 0.15) is 39.5 Å². The van der Waals surface area contributed by atoms with Gasteiger partial charge in [-0.2, -0.15) is 13.2 Å². The van der Waals surface area contributed by atoms with Crippen LogP contribution in [-0.4, -0.2) is 17.3 Å². The van der Waals surface area contributed by atoms with Crippen molar-refractivity contribution in [1.82, 2.24) is 0 Å². The molecule has 3 atom stereocenters. The molecule has 3 unspecified atom stereocenters. The molecule has 1 aliphatic rings. The third kappa shape index (κ3) is 5.51. The fraction of sp³-hybridized carbons (Fsp3) is 1.00. The maximum absolute atomic E-state index is 12.0. The first-order chi connectivity index (χ1) is 7.79. The molecule has 1 aliphatic carbocycles. The van der Waals surface area contributed by atoms with E-state index in [1.807, 2.05) is 0 Å². The Labute approximate surface area is 106 Å². The molecule has 17 heavy (non-hydrogen) atoms. The van der Waals surface area contributed by atoms with Gasteiger partial charge in [-0.05, 0) is 43.4 Å². The van der Waals surface area contributed by atoms with Gasteiger partial charge in [0.05, 0.1) is 0 Å². The van der Waals surface area contributed by atoms with Gasteiger partial charge in [0.25, 0.3) is 0 Å². The Morgan fingerprint density at radius 2 is 1.94 bits per heavy atom. The van der Waals surface area contributed by atoms with Crippen LogP contribution in [0.3, 0.4) is 0 Å². The number of hydrogen-bond donors (Lipinski definition) is 1. The number of hydrogen-bond acceptors (Lipinski definition) is 2. The third-order valence-electron chi connectivity index (χ3n) is 3.78. The second-order valence-electron chi connectivity index (χ2n) is 5.32. The van der Waals surface area contributed by atoms with Gasteiger partial charge < -0.3 is 5.73 Å². The van der Waals surface area contributed by atoms with Gasteiger partial charge in [-0.1, -0.05) is 25.6 Å². The van der Waals surface area contributed by atoms with Gasteiger partial charge >= 0.3 is 5.51 Å². The lowest BCUT2D eigenvalue weighted by atomic mass is 9.73. The Morgan fingerprint density at radius 1 is 1.29 bits per heavy atom. The smallest absolute Gasteiger partial charge is 0.327 e. The molecule has 0 radical (unpaired) electrons. The minimum atomic E-state index is -4.10.